The average molecular weight is 276 g/mol. The maximum absolute atomic E-state index is 5.87. The minimum Gasteiger partial charge on any atom is -0.380 e. The minimum absolute atomic E-state index is 0.457. The summed E-state index contributed by atoms with van der Waals surface area (Å²) in [7, 11) is 0. The second kappa shape index (κ2) is 8.55. The van der Waals surface area contributed by atoms with Gasteiger partial charge in [-0.3, -0.25) is 0 Å². The molecule has 0 aliphatic heterocycles. The van der Waals surface area contributed by atoms with Crippen molar-refractivity contribution in [3.63, 3.8) is 0 Å². The predicted molar refractivity (Wildman–Crippen MR) is 73.0 cm³/mol. The third-order valence-electron chi connectivity index (χ3n) is 2.05. The fraction of sp³-hybridized carbons (Fsp3) is 0.636. The lowest BCUT2D eigenvalue weighted by atomic mass is 10.4. The lowest BCUT2D eigenvalue weighted by Gasteiger charge is -2.07. The number of nitrogens with one attached hydrogen (secondary N) is 1. The second-order valence-corrected chi connectivity index (χ2v) is 4.62. The Labute approximate surface area is 112 Å². The number of anilines is 1. The van der Waals surface area contributed by atoms with E-state index in [9.17, 15) is 0 Å². The highest BCUT2D eigenvalue weighted by Gasteiger charge is 2.01. The summed E-state index contributed by atoms with van der Waals surface area (Å²) in [5.74, 6) is 0.744. The molecule has 0 unspecified atom stereocenters. The first kappa shape index (κ1) is 14.5. The molecule has 0 fully saturated rings. The van der Waals surface area contributed by atoms with Crippen LogP contribution in [0.4, 0.5) is 5.82 Å². The third kappa shape index (κ3) is 6.10. The molecule has 0 aliphatic rings. The molecule has 1 N–H and O–H groups in total. The van der Waals surface area contributed by atoms with Gasteiger partial charge in [-0.15, -0.1) is 0 Å². The molecule has 0 amide bonds. The fourth-order valence-electron chi connectivity index (χ4n) is 1.18. The van der Waals surface area contributed by atoms with Gasteiger partial charge >= 0.3 is 0 Å². The van der Waals surface area contributed by atoms with Crippen molar-refractivity contribution in [3.05, 3.63) is 11.2 Å². The van der Waals surface area contributed by atoms with Gasteiger partial charge in [-0.1, -0.05) is 36.7 Å². The number of rotatable bonds is 8. The van der Waals surface area contributed by atoms with Crippen LogP contribution in [0.2, 0.25) is 5.15 Å². The SMILES string of the molecule is CCCCOCCNc1cc(Cl)nc(SC)n1. The normalized spacial score (nSPS) is 10.5. The first-order valence-electron chi connectivity index (χ1n) is 5.66. The maximum atomic E-state index is 5.87. The standard InChI is InChI=1S/C11H18ClN3OS/c1-3-4-6-16-7-5-13-10-8-9(12)14-11(15-10)17-2/h8H,3-7H2,1-2H3,(H,13,14,15). The van der Waals surface area contributed by atoms with Crippen LogP contribution in [0.3, 0.4) is 0 Å². The number of nitrogens with zero attached hydrogens (tertiary/aromatic N) is 2. The predicted octanol–water partition coefficient (Wildman–Crippen LogP) is 3.08. The van der Waals surface area contributed by atoms with Crippen LogP contribution in [0.15, 0.2) is 11.2 Å². The highest BCUT2D eigenvalue weighted by molar-refractivity contribution is 7.98. The van der Waals surface area contributed by atoms with E-state index < -0.39 is 0 Å². The van der Waals surface area contributed by atoms with Gasteiger partial charge in [0.2, 0.25) is 0 Å². The maximum Gasteiger partial charge on any atom is 0.190 e. The van der Waals surface area contributed by atoms with Gasteiger partial charge < -0.3 is 10.1 Å². The highest BCUT2D eigenvalue weighted by atomic mass is 35.5. The van der Waals surface area contributed by atoms with Gasteiger partial charge in [0.15, 0.2) is 5.16 Å². The molecule has 17 heavy (non-hydrogen) atoms. The number of hydrogen-bond acceptors (Lipinski definition) is 5. The molecule has 1 aromatic rings. The molecule has 0 aliphatic carbocycles. The number of ether oxygens (including phenoxy) is 1. The van der Waals surface area contributed by atoms with E-state index in [1.165, 1.54) is 11.8 Å². The summed E-state index contributed by atoms with van der Waals surface area (Å²) in [6.07, 6.45) is 4.19. The Morgan fingerprint density at radius 1 is 1.41 bits per heavy atom. The Morgan fingerprint density at radius 3 is 2.94 bits per heavy atom. The summed E-state index contributed by atoms with van der Waals surface area (Å²) in [5, 5.41) is 4.29. The molecule has 0 spiro atoms. The van der Waals surface area contributed by atoms with Gasteiger partial charge in [0, 0.05) is 19.2 Å². The molecule has 0 saturated heterocycles. The van der Waals surface area contributed by atoms with Crippen LogP contribution in [-0.4, -0.2) is 36.0 Å². The van der Waals surface area contributed by atoms with Crippen LogP contribution in [-0.2, 0) is 4.74 Å². The smallest absolute Gasteiger partial charge is 0.190 e. The lowest BCUT2D eigenvalue weighted by Crippen LogP contribution is -2.11. The fourth-order valence-corrected chi connectivity index (χ4v) is 1.79. The van der Waals surface area contributed by atoms with E-state index in [0.29, 0.717) is 16.9 Å². The zero-order valence-electron chi connectivity index (χ0n) is 10.2. The van der Waals surface area contributed by atoms with Crippen molar-refractivity contribution >= 4 is 29.2 Å². The summed E-state index contributed by atoms with van der Waals surface area (Å²) >= 11 is 7.34. The van der Waals surface area contributed by atoms with E-state index in [-0.39, 0.29) is 0 Å². The number of thioether (sulfide) groups is 1. The third-order valence-corrected chi connectivity index (χ3v) is 2.79. The van der Waals surface area contributed by atoms with Crippen molar-refractivity contribution in [3.8, 4) is 0 Å². The van der Waals surface area contributed by atoms with Gasteiger partial charge in [0.25, 0.3) is 0 Å². The molecule has 0 saturated carbocycles. The molecule has 1 heterocycles. The Morgan fingerprint density at radius 2 is 2.24 bits per heavy atom. The molecular formula is C11H18ClN3OS. The number of unbranched alkanes of at least 4 members (excludes halogenated alkanes) is 1. The molecule has 0 bridgehead atoms. The molecule has 1 aromatic heterocycles. The Bertz CT molecular complexity index is 338. The first-order valence-corrected chi connectivity index (χ1v) is 7.26. The van der Waals surface area contributed by atoms with Crippen LogP contribution in [0.5, 0.6) is 0 Å². The van der Waals surface area contributed by atoms with Crippen LogP contribution in [0, 0.1) is 0 Å². The van der Waals surface area contributed by atoms with Gasteiger partial charge in [0.1, 0.15) is 11.0 Å². The Hall–Kier alpha value is -0.520. The van der Waals surface area contributed by atoms with E-state index in [2.05, 4.69) is 22.2 Å². The summed E-state index contributed by atoms with van der Waals surface area (Å²) in [6, 6.07) is 1.72. The highest BCUT2D eigenvalue weighted by Crippen LogP contribution is 2.16. The largest absolute Gasteiger partial charge is 0.380 e. The zero-order chi connectivity index (χ0) is 12.5. The Kier molecular flexibility index (Phi) is 7.32. The average Bonchev–Trinajstić information content (AvgIpc) is 2.33. The van der Waals surface area contributed by atoms with Gasteiger partial charge in [0.05, 0.1) is 6.61 Å². The quantitative estimate of drug-likeness (QED) is 0.342. The first-order chi connectivity index (χ1) is 8.26. The Balaban J connectivity index is 2.28. The second-order valence-electron chi connectivity index (χ2n) is 3.46. The van der Waals surface area contributed by atoms with Crippen molar-refractivity contribution < 1.29 is 4.74 Å². The molecule has 1 rings (SSSR count). The van der Waals surface area contributed by atoms with Crippen LogP contribution < -0.4 is 5.32 Å². The number of aromatic nitrogens is 2. The van der Waals surface area contributed by atoms with Crippen molar-refractivity contribution in [2.45, 2.75) is 24.9 Å². The van der Waals surface area contributed by atoms with E-state index >= 15 is 0 Å². The zero-order valence-corrected chi connectivity index (χ0v) is 11.8. The van der Waals surface area contributed by atoms with Crippen molar-refractivity contribution in [2.24, 2.45) is 0 Å². The molecule has 0 aromatic carbocycles. The monoisotopic (exact) mass is 275 g/mol. The summed E-state index contributed by atoms with van der Waals surface area (Å²) in [4.78, 5) is 8.35. The topological polar surface area (TPSA) is 47.0 Å². The van der Waals surface area contributed by atoms with E-state index in [1.54, 1.807) is 6.07 Å². The van der Waals surface area contributed by atoms with Crippen molar-refractivity contribution in [1.82, 2.24) is 9.97 Å². The minimum atomic E-state index is 0.457. The number of hydrogen-bond donors (Lipinski definition) is 1. The molecule has 6 heteroatoms. The van der Waals surface area contributed by atoms with Crippen LogP contribution >= 0.6 is 23.4 Å². The summed E-state index contributed by atoms with van der Waals surface area (Å²) in [6.45, 7) is 4.37. The molecule has 4 nitrogen and oxygen atoms in total. The lowest BCUT2D eigenvalue weighted by molar-refractivity contribution is 0.141. The molecular weight excluding hydrogens is 258 g/mol. The summed E-state index contributed by atoms with van der Waals surface area (Å²) in [5.41, 5.74) is 0. The van der Waals surface area contributed by atoms with Gasteiger partial charge in [-0.2, -0.15) is 0 Å². The number of halogens is 1. The van der Waals surface area contributed by atoms with Gasteiger partial charge in [-0.05, 0) is 12.7 Å². The van der Waals surface area contributed by atoms with E-state index in [0.717, 1.165) is 31.8 Å². The molecule has 96 valence electrons. The van der Waals surface area contributed by atoms with Crippen LogP contribution in [0.25, 0.3) is 0 Å². The molecule has 0 radical (unpaired) electrons. The van der Waals surface area contributed by atoms with E-state index in [1.807, 2.05) is 6.26 Å². The van der Waals surface area contributed by atoms with Crippen LogP contribution in [0.1, 0.15) is 19.8 Å². The van der Waals surface area contributed by atoms with Crippen molar-refractivity contribution in [2.75, 3.05) is 31.3 Å². The molecule has 0 atom stereocenters. The van der Waals surface area contributed by atoms with Gasteiger partial charge in [-0.25, -0.2) is 9.97 Å². The van der Waals surface area contributed by atoms with Crippen molar-refractivity contribution in [1.29, 1.82) is 0 Å². The van der Waals surface area contributed by atoms with E-state index in [4.69, 9.17) is 16.3 Å². The summed E-state index contributed by atoms with van der Waals surface area (Å²) < 4.78 is 5.44.